The van der Waals surface area contributed by atoms with Crippen molar-refractivity contribution in [3.05, 3.63) is 18.2 Å². The van der Waals surface area contributed by atoms with Crippen molar-refractivity contribution < 1.29 is 9.53 Å². The standard InChI is InChI=1S/C15H27N3O2/c1-6-17-15(5,14(19)20-7-2)8-10-18-11-9-16-13(18)12(3)4/h9,11-12,17H,6-8,10H2,1-5H3. The molecule has 20 heavy (non-hydrogen) atoms. The molecule has 0 aromatic carbocycles. The molecule has 0 spiro atoms. The third kappa shape index (κ3) is 4.07. The van der Waals surface area contributed by atoms with Gasteiger partial charge in [-0.1, -0.05) is 20.8 Å². The summed E-state index contributed by atoms with van der Waals surface area (Å²) in [6.45, 7) is 11.8. The van der Waals surface area contributed by atoms with Crippen LogP contribution < -0.4 is 5.32 Å². The molecule has 0 aliphatic carbocycles. The highest BCUT2D eigenvalue weighted by atomic mass is 16.5. The van der Waals surface area contributed by atoms with Crippen LogP contribution in [-0.4, -0.2) is 34.2 Å². The van der Waals surface area contributed by atoms with Crippen molar-refractivity contribution in [2.24, 2.45) is 0 Å². The van der Waals surface area contributed by atoms with Crippen LogP contribution in [-0.2, 0) is 16.1 Å². The summed E-state index contributed by atoms with van der Waals surface area (Å²) in [5.74, 6) is 1.23. The summed E-state index contributed by atoms with van der Waals surface area (Å²) >= 11 is 0. The molecule has 0 fully saturated rings. The Morgan fingerprint density at radius 2 is 2.20 bits per heavy atom. The summed E-state index contributed by atoms with van der Waals surface area (Å²) in [5.41, 5.74) is -0.650. The second-order valence-electron chi connectivity index (χ2n) is 5.47. The molecule has 1 atom stereocenters. The minimum atomic E-state index is -0.650. The predicted octanol–water partition coefficient (Wildman–Crippen LogP) is 2.33. The number of ether oxygens (including phenoxy) is 1. The van der Waals surface area contributed by atoms with Gasteiger partial charge < -0.3 is 14.6 Å². The van der Waals surface area contributed by atoms with Crippen molar-refractivity contribution in [3.63, 3.8) is 0 Å². The third-order valence-corrected chi connectivity index (χ3v) is 3.41. The average Bonchev–Trinajstić information content (AvgIpc) is 2.85. The van der Waals surface area contributed by atoms with Gasteiger partial charge in [-0.25, -0.2) is 4.98 Å². The highest BCUT2D eigenvalue weighted by molar-refractivity contribution is 5.80. The van der Waals surface area contributed by atoms with E-state index >= 15 is 0 Å². The fourth-order valence-electron chi connectivity index (χ4n) is 2.30. The van der Waals surface area contributed by atoms with Gasteiger partial charge in [0.05, 0.1) is 6.61 Å². The number of imidazole rings is 1. The zero-order chi connectivity index (χ0) is 15.2. The summed E-state index contributed by atoms with van der Waals surface area (Å²) < 4.78 is 7.29. The molecule has 0 aliphatic heterocycles. The van der Waals surface area contributed by atoms with Crippen LogP contribution in [0, 0.1) is 0 Å². The highest BCUT2D eigenvalue weighted by Gasteiger charge is 2.33. The van der Waals surface area contributed by atoms with Gasteiger partial charge in [0.25, 0.3) is 0 Å². The van der Waals surface area contributed by atoms with E-state index < -0.39 is 5.54 Å². The molecular weight excluding hydrogens is 254 g/mol. The second kappa shape index (κ2) is 7.43. The number of carbonyl (C=O) groups is 1. The Morgan fingerprint density at radius 1 is 1.50 bits per heavy atom. The lowest BCUT2D eigenvalue weighted by Crippen LogP contribution is -2.51. The number of hydrogen-bond donors (Lipinski definition) is 1. The molecule has 1 unspecified atom stereocenters. The van der Waals surface area contributed by atoms with Crippen LogP contribution in [0.4, 0.5) is 0 Å². The van der Waals surface area contributed by atoms with Crippen molar-refractivity contribution in [1.82, 2.24) is 14.9 Å². The maximum absolute atomic E-state index is 12.1. The zero-order valence-corrected chi connectivity index (χ0v) is 13.3. The Bertz CT molecular complexity index is 429. The minimum Gasteiger partial charge on any atom is -0.465 e. The molecule has 0 saturated carbocycles. The van der Waals surface area contributed by atoms with Crippen LogP contribution in [0.3, 0.4) is 0 Å². The van der Waals surface area contributed by atoms with Crippen LogP contribution >= 0.6 is 0 Å². The molecular formula is C15H27N3O2. The lowest BCUT2D eigenvalue weighted by atomic mass is 9.97. The van der Waals surface area contributed by atoms with E-state index in [4.69, 9.17) is 4.74 Å². The fraction of sp³-hybridized carbons (Fsp3) is 0.733. The molecule has 0 saturated heterocycles. The SMILES string of the molecule is CCNC(C)(CCn1ccnc1C(C)C)C(=O)OCC. The van der Waals surface area contributed by atoms with Crippen LogP contribution in [0.5, 0.6) is 0 Å². The van der Waals surface area contributed by atoms with Crippen LogP contribution in [0.15, 0.2) is 12.4 Å². The van der Waals surface area contributed by atoms with E-state index in [1.807, 2.05) is 33.2 Å². The Morgan fingerprint density at radius 3 is 2.75 bits per heavy atom. The molecule has 1 aromatic heterocycles. The molecule has 5 nitrogen and oxygen atoms in total. The lowest BCUT2D eigenvalue weighted by molar-refractivity contribution is -0.150. The molecule has 1 rings (SSSR count). The largest absolute Gasteiger partial charge is 0.465 e. The van der Waals surface area contributed by atoms with E-state index in [9.17, 15) is 4.79 Å². The molecule has 5 heteroatoms. The second-order valence-corrected chi connectivity index (χ2v) is 5.47. The van der Waals surface area contributed by atoms with Gasteiger partial charge >= 0.3 is 5.97 Å². The van der Waals surface area contributed by atoms with Crippen molar-refractivity contribution in [3.8, 4) is 0 Å². The molecule has 114 valence electrons. The molecule has 0 radical (unpaired) electrons. The zero-order valence-electron chi connectivity index (χ0n) is 13.3. The summed E-state index contributed by atoms with van der Waals surface area (Å²) in [6.07, 6.45) is 4.45. The normalized spacial score (nSPS) is 14.3. The van der Waals surface area contributed by atoms with Crippen LogP contribution in [0.2, 0.25) is 0 Å². The van der Waals surface area contributed by atoms with Gasteiger partial charge in [-0.15, -0.1) is 0 Å². The monoisotopic (exact) mass is 281 g/mol. The van der Waals surface area contributed by atoms with E-state index in [1.54, 1.807) is 0 Å². The lowest BCUT2D eigenvalue weighted by Gasteiger charge is -2.28. The smallest absolute Gasteiger partial charge is 0.326 e. The molecule has 0 bridgehead atoms. The molecule has 0 aliphatic rings. The maximum Gasteiger partial charge on any atom is 0.326 e. The Hall–Kier alpha value is -1.36. The highest BCUT2D eigenvalue weighted by Crippen LogP contribution is 2.17. The molecule has 1 heterocycles. The molecule has 1 aromatic rings. The van der Waals surface area contributed by atoms with Gasteiger partial charge in [-0.3, -0.25) is 4.79 Å². The van der Waals surface area contributed by atoms with E-state index in [-0.39, 0.29) is 5.97 Å². The Kier molecular flexibility index (Phi) is 6.20. The van der Waals surface area contributed by atoms with Crippen molar-refractivity contribution in [2.75, 3.05) is 13.2 Å². The first-order chi connectivity index (χ1) is 9.44. The number of carbonyl (C=O) groups excluding carboxylic acids is 1. The number of nitrogens with zero attached hydrogens (tertiary/aromatic N) is 2. The van der Waals surface area contributed by atoms with Gasteiger partial charge in [0, 0.05) is 24.9 Å². The van der Waals surface area contributed by atoms with Crippen molar-refractivity contribution in [2.45, 2.75) is 59.0 Å². The summed E-state index contributed by atoms with van der Waals surface area (Å²) in [4.78, 5) is 16.5. The van der Waals surface area contributed by atoms with Gasteiger partial charge in [-0.2, -0.15) is 0 Å². The first-order valence-electron chi connectivity index (χ1n) is 7.37. The number of likely N-dealkylation sites (N-methyl/N-ethyl adjacent to an activating group) is 1. The van der Waals surface area contributed by atoms with Gasteiger partial charge in [0.2, 0.25) is 0 Å². The summed E-state index contributed by atoms with van der Waals surface area (Å²) in [5, 5.41) is 3.25. The number of aryl methyl sites for hydroxylation is 1. The first-order valence-corrected chi connectivity index (χ1v) is 7.37. The van der Waals surface area contributed by atoms with E-state index in [2.05, 4.69) is 28.7 Å². The third-order valence-electron chi connectivity index (χ3n) is 3.41. The maximum atomic E-state index is 12.1. The van der Waals surface area contributed by atoms with Crippen molar-refractivity contribution >= 4 is 5.97 Å². The number of rotatable bonds is 8. The average molecular weight is 281 g/mol. The topological polar surface area (TPSA) is 56.2 Å². The van der Waals surface area contributed by atoms with Crippen molar-refractivity contribution in [1.29, 1.82) is 0 Å². The van der Waals surface area contributed by atoms with E-state index in [0.717, 1.165) is 18.9 Å². The minimum absolute atomic E-state index is 0.187. The Labute approximate surface area is 121 Å². The first kappa shape index (κ1) is 16.7. The molecule has 0 amide bonds. The summed E-state index contributed by atoms with van der Waals surface area (Å²) in [6, 6.07) is 0. The number of aromatic nitrogens is 2. The predicted molar refractivity (Wildman–Crippen MR) is 79.6 cm³/mol. The Balaban J connectivity index is 2.76. The number of hydrogen-bond acceptors (Lipinski definition) is 4. The quantitative estimate of drug-likeness (QED) is 0.743. The van der Waals surface area contributed by atoms with E-state index in [1.165, 1.54) is 0 Å². The van der Waals surface area contributed by atoms with Gasteiger partial charge in [-0.05, 0) is 26.8 Å². The van der Waals surface area contributed by atoms with E-state index in [0.29, 0.717) is 18.9 Å². The summed E-state index contributed by atoms with van der Waals surface area (Å²) in [7, 11) is 0. The molecule has 1 N–H and O–H groups in total. The number of nitrogens with one attached hydrogen (secondary N) is 1. The van der Waals surface area contributed by atoms with Gasteiger partial charge in [0.15, 0.2) is 0 Å². The number of esters is 1. The van der Waals surface area contributed by atoms with Crippen LogP contribution in [0.1, 0.15) is 52.8 Å². The van der Waals surface area contributed by atoms with Gasteiger partial charge in [0.1, 0.15) is 11.4 Å². The fourth-order valence-corrected chi connectivity index (χ4v) is 2.30. The van der Waals surface area contributed by atoms with Crippen LogP contribution in [0.25, 0.3) is 0 Å².